The van der Waals surface area contributed by atoms with E-state index in [9.17, 15) is 19.5 Å². The highest BCUT2D eigenvalue weighted by Gasteiger charge is 2.07. The van der Waals surface area contributed by atoms with Crippen molar-refractivity contribution in [2.24, 2.45) is 5.10 Å². The smallest absolute Gasteiger partial charge is 0.342 e. The third-order valence-corrected chi connectivity index (χ3v) is 4.23. The zero-order chi connectivity index (χ0) is 20.1. The van der Waals surface area contributed by atoms with Gasteiger partial charge >= 0.3 is 5.69 Å². The molecule has 28 heavy (non-hydrogen) atoms. The number of rotatable bonds is 6. The maximum Gasteiger partial charge on any atom is 0.342 e. The number of carbonyl (C=O) groups excluding carboxylic acids is 1. The highest BCUT2D eigenvalue weighted by atomic mass is 79.9. The maximum atomic E-state index is 11.9. The molecule has 0 aliphatic heterocycles. The number of hydrogen-bond acceptors (Lipinski definition) is 7. The average Bonchev–Trinajstić information content (AvgIpc) is 2.65. The second-order valence-corrected chi connectivity index (χ2v) is 6.60. The number of aromatic hydroxyl groups is 1. The second-order valence-electron chi connectivity index (χ2n) is 5.69. The lowest BCUT2D eigenvalue weighted by atomic mass is 10.0. The molecule has 0 unspecified atom stereocenters. The molecule has 0 spiro atoms. The number of benzene rings is 2. The molecule has 3 aromatic rings. The van der Waals surface area contributed by atoms with Crippen LogP contribution in [0.2, 0.25) is 0 Å². The summed E-state index contributed by atoms with van der Waals surface area (Å²) in [6.45, 7) is 0.108. The van der Waals surface area contributed by atoms with Crippen molar-refractivity contribution in [3.63, 3.8) is 0 Å². The van der Waals surface area contributed by atoms with Gasteiger partial charge in [0.05, 0.1) is 6.21 Å². The lowest BCUT2D eigenvalue weighted by Crippen LogP contribution is -2.28. The first kappa shape index (κ1) is 19.3. The van der Waals surface area contributed by atoms with Crippen molar-refractivity contribution >= 4 is 44.6 Å². The van der Waals surface area contributed by atoms with Gasteiger partial charge in [0.15, 0.2) is 0 Å². The highest BCUT2D eigenvalue weighted by Crippen LogP contribution is 2.27. The fourth-order valence-electron chi connectivity index (χ4n) is 2.44. The van der Waals surface area contributed by atoms with Crippen LogP contribution in [0, 0.1) is 0 Å². The van der Waals surface area contributed by atoms with E-state index in [4.69, 9.17) is 0 Å². The van der Waals surface area contributed by atoms with Crippen LogP contribution >= 0.6 is 15.9 Å². The first-order chi connectivity index (χ1) is 13.4. The predicted molar refractivity (Wildman–Crippen MR) is 108 cm³/mol. The minimum atomic E-state index is -0.716. The van der Waals surface area contributed by atoms with Gasteiger partial charge in [0.25, 0.3) is 5.56 Å². The molecule has 0 radical (unpaired) electrons. The zero-order valence-corrected chi connectivity index (χ0v) is 15.9. The summed E-state index contributed by atoms with van der Waals surface area (Å²) in [7, 11) is 0. The summed E-state index contributed by atoms with van der Waals surface area (Å²) in [6.07, 6.45) is 1.37. The molecule has 0 fully saturated rings. The van der Waals surface area contributed by atoms with Crippen LogP contribution in [0.1, 0.15) is 12.0 Å². The van der Waals surface area contributed by atoms with E-state index in [2.05, 4.69) is 42.0 Å². The van der Waals surface area contributed by atoms with Crippen molar-refractivity contribution in [1.82, 2.24) is 20.6 Å². The molecule has 0 bridgehead atoms. The SMILES string of the molecule is O=C(CCNc1n[nH]c(=O)[nH]c1=O)N/N=C/c1c(O)ccc2cc(Br)ccc12. The standard InChI is InChI=1S/C17H15BrN6O4/c18-10-2-3-11-9(7-10)1-4-13(25)12(11)8-20-22-14(26)5-6-19-15-16(27)21-17(28)24-23-15/h1-4,7-8,25H,5-6H2,(H,19,23)(H,22,26)(H2,21,24,27,28)/b20-8+. The number of fused-ring (bicyclic) bond motifs is 1. The fraction of sp³-hybridized carbons (Fsp3) is 0.118. The largest absolute Gasteiger partial charge is 0.507 e. The summed E-state index contributed by atoms with van der Waals surface area (Å²) in [6, 6.07) is 8.92. The van der Waals surface area contributed by atoms with E-state index < -0.39 is 17.2 Å². The summed E-state index contributed by atoms with van der Waals surface area (Å²) in [5, 5.41) is 23.9. The third kappa shape index (κ3) is 4.62. The van der Waals surface area contributed by atoms with Gasteiger partial charge in [0, 0.05) is 23.0 Å². The highest BCUT2D eigenvalue weighted by molar-refractivity contribution is 9.10. The Kier molecular flexibility index (Phi) is 5.84. The number of anilines is 1. The molecule has 0 saturated carbocycles. The summed E-state index contributed by atoms with van der Waals surface area (Å²) in [4.78, 5) is 36.2. The molecular weight excluding hydrogens is 432 g/mol. The van der Waals surface area contributed by atoms with Gasteiger partial charge in [0.1, 0.15) is 5.75 Å². The molecule has 2 aromatic carbocycles. The number of nitrogens with zero attached hydrogens (tertiary/aromatic N) is 2. The summed E-state index contributed by atoms with van der Waals surface area (Å²) >= 11 is 3.39. The van der Waals surface area contributed by atoms with Crippen LogP contribution in [0.15, 0.2) is 49.5 Å². The number of halogens is 1. The first-order valence-corrected chi connectivity index (χ1v) is 8.89. The molecule has 0 aliphatic carbocycles. The predicted octanol–water partition coefficient (Wildman–Crippen LogP) is 1.03. The van der Waals surface area contributed by atoms with Crippen molar-refractivity contribution in [1.29, 1.82) is 0 Å². The molecule has 1 amide bonds. The van der Waals surface area contributed by atoms with E-state index in [1.54, 1.807) is 12.1 Å². The molecule has 144 valence electrons. The molecule has 1 aromatic heterocycles. The van der Waals surface area contributed by atoms with Crippen molar-refractivity contribution in [2.75, 3.05) is 11.9 Å². The van der Waals surface area contributed by atoms with E-state index in [1.807, 2.05) is 23.2 Å². The van der Waals surface area contributed by atoms with Crippen LogP contribution in [0.3, 0.4) is 0 Å². The van der Waals surface area contributed by atoms with Crippen LogP contribution < -0.4 is 22.0 Å². The number of hydrazone groups is 1. The van der Waals surface area contributed by atoms with Crippen molar-refractivity contribution in [2.45, 2.75) is 6.42 Å². The molecule has 10 nitrogen and oxygen atoms in total. The summed E-state index contributed by atoms with van der Waals surface area (Å²) in [5.41, 5.74) is 1.43. The Morgan fingerprint density at radius 1 is 1.29 bits per heavy atom. The molecule has 5 N–H and O–H groups in total. The van der Waals surface area contributed by atoms with Crippen molar-refractivity contribution in [3.8, 4) is 5.75 Å². The van der Waals surface area contributed by atoms with E-state index in [-0.39, 0.29) is 24.5 Å². The van der Waals surface area contributed by atoms with Gasteiger partial charge < -0.3 is 10.4 Å². The number of carbonyl (C=O) groups is 1. The Morgan fingerprint density at radius 2 is 2.11 bits per heavy atom. The Morgan fingerprint density at radius 3 is 2.89 bits per heavy atom. The second kappa shape index (κ2) is 8.48. The van der Waals surface area contributed by atoms with Crippen LogP contribution in [0.5, 0.6) is 5.75 Å². The number of aromatic amines is 2. The first-order valence-electron chi connectivity index (χ1n) is 8.10. The van der Waals surface area contributed by atoms with Gasteiger partial charge in [-0.25, -0.2) is 15.3 Å². The van der Waals surface area contributed by atoms with E-state index >= 15 is 0 Å². The van der Waals surface area contributed by atoms with E-state index in [0.29, 0.717) is 5.56 Å². The Bertz CT molecular complexity index is 1170. The topological polar surface area (TPSA) is 152 Å². The van der Waals surface area contributed by atoms with Crippen LogP contribution in [-0.2, 0) is 4.79 Å². The number of hydrogen-bond donors (Lipinski definition) is 5. The van der Waals surface area contributed by atoms with Gasteiger partial charge in [0.2, 0.25) is 11.7 Å². The molecule has 1 heterocycles. The average molecular weight is 447 g/mol. The fourth-order valence-corrected chi connectivity index (χ4v) is 2.81. The lowest BCUT2D eigenvalue weighted by molar-refractivity contribution is -0.120. The zero-order valence-electron chi connectivity index (χ0n) is 14.3. The van der Waals surface area contributed by atoms with Gasteiger partial charge in [-0.2, -0.15) is 5.10 Å². The minimum Gasteiger partial charge on any atom is -0.507 e. The van der Waals surface area contributed by atoms with Crippen LogP contribution in [0.4, 0.5) is 5.82 Å². The molecule has 11 heteroatoms. The van der Waals surface area contributed by atoms with Crippen molar-refractivity contribution < 1.29 is 9.90 Å². The molecule has 0 atom stereocenters. The van der Waals surface area contributed by atoms with Gasteiger partial charge in [-0.15, -0.1) is 5.10 Å². The van der Waals surface area contributed by atoms with Crippen LogP contribution in [-0.4, -0.2) is 39.0 Å². The van der Waals surface area contributed by atoms with Crippen molar-refractivity contribution in [3.05, 3.63) is 61.2 Å². The number of nitrogens with one attached hydrogen (secondary N) is 4. The Hall–Kier alpha value is -3.47. The van der Waals surface area contributed by atoms with E-state index in [1.165, 1.54) is 6.21 Å². The van der Waals surface area contributed by atoms with Gasteiger partial charge in [-0.1, -0.05) is 28.1 Å². The lowest BCUT2D eigenvalue weighted by Gasteiger charge is -2.06. The number of phenols is 1. The minimum absolute atomic E-state index is 0.00600. The number of H-pyrrole nitrogens is 2. The van der Waals surface area contributed by atoms with Gasteiger partial charge in [-0.3, -0.25) is 14.6 Å². The molecule has 0 aliphatic rings. The van der Waals surface area contributed by atoms with Gasteiger partial charge in [-0.05, 0) is 29.0 Å². The summed E-state index contributed by atoms with van der Waals surface area (Å²) < 4.78 is 0.908. The number of aromatic nitrogens is 3. The number of amides is 1. The number of phenolic OH excluding ortho intramolecular Hbond substituents is 1. The molecule has 0 saturated heterocycles. The molecule has 3 rings (SSSR count). The summed E-state index contributed by atoms with van der Waals surface area (Å²) in [5.74, 6) is -0.465. The Labute approximate surface area is 165 Å². The normalized spacial score (nSPS) is 11.0. The Balaban J connectivity index is 1.59. The van der Waals surface area contributed by atoms with E-state index in [0.717, 1.165) is 15.2 Å². The maximum absolute atomic E-state index is 11.9. The third-order valence-electron chi connectivity index (χ3n) is 3.74. The monoisotopic (exact) mass is 446 g/mol. The quantitative estimate of drug-likeness (QED) is 0.281. The molecular formula is C17H15BrN6O4. The van der Waals surface area contributed by atoms with Crippen LogP contribution in [0.25, 0.3) is 10.8 Å².